The largest absolute Gasteiger partial charge is 0.352 e. The van der Waals surface area contributed by atoms with Crippen LogP contribution in [0.5, 0.6) is 0 Å². The second-order valence-corrected chi connectivity index (χ2v) is 5.90. The number of hydrogen-bond donors (Lipinski definition) is 2. The quantitative estimate of drug-likeness (QED) is 0.876. The van der Waals surface area contributed by atoms with E-state index in [2.05, 4.69) is 21.2 Å². The first kappa shape index (κ1) is 15.0. The maximum absolute atomic E-state index is 12.2. The maximum Gasteiger partial charge on any atom is 0.249 e. The van der Waals surface area contributed by atoms with Gasteiger partial charge in [0.2, 0.25) is 11.8 Å². The normalized spacial score (nSPS) is 18.9. The number of hydrogen-bond acceptors (Lipinski definition) is 3. The Morgan fingerprint density at radius 3 is 2.90 bits per heavy atom. The van der Waals surface area contributed by atoms with Crippen LogP contribution in [0.4, 0.5) is 5.69 Å². The molecule has 5 nitrogen and oxygen atoms in total. The summed E-state index contributed by atoms with van der Waals surface area (Å²) in [5.74, 6) is -0.409. The number of nitrogens with one attached hydrogen (secondary N) is 1. The van der Waals surface area contributed by atoms with E-state index in [1.807, 2.05) is 26.0 Å². The van der Waals surface area contributed by atoms with E-state index in [-0.39, 0.29) is 24.4 Å². The van der Waals surface area contributed by atoms with E-state index in [1.54, 1.807) is 6.07 Å². The van der Waals surface area contributed by atoms with Crippen LogP contribution in [0.25, 0.3) is 0 Å². The molecule has 0 radical (unpaired) electrons. The fourth-order valence-corrected chi connectivity index (χ4v) is 2.55. The third-order valence-electron chi connectivity index (χ3n) is 3.47. The molecule has 0 fully saturated rings. The zero-order valence-electron chi connectivity index (χ0n) is 11.5. The zero-order valence-corrected chi connectivity index (χ0v) is 13.1. The molecule has 0 aromatic heterocycles. The average Bonchev–Trinajstić information content (AvgIpc) is 2.63. The van der Waals surface area contributed by atoms with Crippen molar-refractivity contribution in [2.75, 3.05) is 11.4 Å². The van der Waals surface area contributed by atoms with Gasteiger partial charge in [0.05, 0.1) is 0 Å². The number of fused-ring (bicyclic) bond motifs is 1. The van der Waals surface area contributed by atoms with E-state index in [1.165, 1.54) is 4.90 Å². The van der Waals surface area contributed by atoms with Crippen molar-refractivity contribution in [1.29, 1.82) is 0 Å². The van der Waals surface area contributed by atoms with Gasteiger partial charge in [-0.15, -0.1) is 0 Å². The van der Waals surface area contributed by atoms with Gasteiger partial charge in [-0.3, -0.25) is 9.59 Å². The molecule has 0 spiro atoms. The van der Waals surface area contributed by atoms with E-state index >= 15 is 0 Å². The number of rotatable bonds is 4. The first-order valence-corrected chi connectivity index (χ1v) is 7.39. The second kappa shape index (κ2) is 5.93. The standard InChI is InChI=1S/C14H18BrN3O2/c1-3-8(2)17-12(19)7-18-11-5-4-9(15)6-10(11)13(16)14(18)20/h4-6,8,13H,3,7,16H2,1-2H3,(H,17,19). The molecule has 6 heteroatoms. The summed E-state index contributed by atoms with van der Waals surface area (Å²) in [6.45, 7) is 3.93. The van der Waals surface area contributed by atoms with Gasteiger partial charge in [0.15, 0.2) is 0 Å². The predicted molar refractivity (Wildman–Crippen MR) is 81.3 cm³/mol. The van der Waals surface area contributed by atoms with Crippen molar-refractivity contribution in [3.8, 4) is 0 Å². The molecule has 0 saturated heterocycles. The highest BCUT2D eigenvalue weighted by atomic mass is 79.9. The first-order valence-electron chi connectivity index (χ1n) is 6.59. The van der Waals surface area contributed by atoms with E-state index in [0.29, 0.717) is 5.69 Å². The Kier molecular flexibility index (Phi) is 4.45. The molecule has 2 rings (SSSR count). The smallest absolute Gasteiger partial charge is 0.249 e. The van der Waals surface area contributed by atoms with E-state index in [4.69, 9.17) is 5.73 Å². The lowest BCUT2D eigenvalue weighted by Crippen LogP contribution is -2.43. The monoisotopic (exact) mass is 339 g/mol. The third kappa shape index (κ3) is 2.86. The fourth-order valence-electron chi connectivity index (χ4n) is 2.17. The van der Waals surface area contributed by atoms with Crippen molar-refractivity contribution < 1.29 is 9.59 Å². The summed E-state index contributed by atoms with van der Waals surface area (Å²) in [6, 6.07) is 4.87. The van der Waals surface area contributed by atoms with Crippen molar-refractivity contribution in [2.45, 2.75) is 32.4 Å². The summed E-state index contributed by atoms with van der Waals surface area (Å²) in [4.78, 5) is 25.6. The fraction of sp³-hybridized carbons (Fsp3) is 0.429. The minimum absolute atomic E-state index is 0.00546. The number of nitrogens with zero attached hydrogens (tertiary/aromatic N) is 1. The van der Waals surface area contributed by atoms with Crippen LogP contribution in [0.3, 0.4) is 0 Å². The maximum atomic E-state index is 12.2. The SMILES string of the molecule is CCC(C)NC(=O)CN1C(=O)C(N)c2cc(Br)ccc21. The molecule has 2 unspecified atom stereocenters. The first-order chi connectivity index (χ1) is 9.43. The number of halogens is 1. The van der Waals surface area contributed by atoms with Crippen molar-refractivity contribution >= 4 is 33.4 Å². The molecule has 1 aromatic rings. The van der Waals surface area contributed by atoms with Crippen molar-refractivity contribution in [1.82, 2.24) is 5.32 Å². The lowest BCUT2D eigenvalue weighted by atomic mass is 10.1. The van der Waals surface area contributed by atoms with E-state index < -0.39 is 6.04 Å². The molecule has 1 aliphatic rings. The van der Waals surface area contributed by atoms with Gasteiger partial charge >= 0.3 is 0 Å². The molecule has 2 amide bonds. The van der Waals surface area contributed by atoms with Crippen LogP contribution in [0, 0.1) is 0 Å². The topological polar surface area (TPSA) is 75.4 Å². The number of nitrogens with two attached hydrogens (primary N) is 1. The van der Waals surface area contributed by atoms with Gasteiger partial charge in [-0.1, -0.05) is 22.9 Å². The van der Waals surface area contributed by atoms with Crippen LogP contribution in [0.15, 0.2) is 22.7 Å². The van der Waals surface area contributed by atoms with Gasteiger partial charge in [0.1, 0.15) is 12.6 Å². The highest BCUT2D eigenvalue weighted by Gasteiger charge is 2.35. The lowest BCUT2D eigenvalue weighted by Gasteiger charge is -2.19. The molecule has 1 aliphatic heterocycles. The average molecular weight is 340 g/mol. The Morgan fingerprint density at radius 2 is 2.25 bits per heavy atom. The number of carbonyl (C=O) groups is 2. The summed E-state index contributed by atoms with van der Waals surface area (Å²) < 4.78 is 0.866. The number of amides is 2. The third-order valence-corrected chi connectivity index (χ3v) is 3.96. The van der Waals surface area contributed by atoms with Gasteiger partial charge in [-0.05, 0) is 31.5 Å². The Hall–Kier alpha value is -1.40. The highest BCUT2D eigenvalue weighted by Crippen LogP contribution is 2.36. The Balaban J connectivity index is 2.18. The van der Waals surface area contributed by atoms with Crippen molar-refractivity contribution in [3.63, 3.8) is 0 Å². The van der Waals surface area contributed by atoms with Crippen LogP contribution in [-0.4, -0.2) is 24.4 Å². The summed E-state index contributed by atoms with van der Waals surface area (Å²) in [7, 11) is 0. The van der Waals surface area contributed by atoms with Gasteiger partial charge in [-0.25, -0.2) is 0 Å². The molecular formula is C14H18BrN3O2. The molecule has 3 N–H and O–H groups in total. The van der Waals surface area contributed by atoms with Gasteiger partial charge in [0.25, 0.3) is 0 Å². The van der Waals surface area contributed by atoms with Crippen molar-refractivity contribution in [3.05, 3.63) is 28.2 Å². The molecule has 0 aliphatic carbocycles. The number of anilines is 1. The predicted octanol–water partition coefficient (Wildman–Crippen LogP) is 1.71. The van der Waals surface area contributed by atoms with Crippen LogP contribution < -0.4 is 16.0 Å². The van der Waals surface area contributed by atoms with Crippen LogP contribution >= 0.6 is 15.9 Å². The molecule has 2 atom stereocenters. The van der Waals surface area contributed by atoms with Gasteiger partial charge in [0, 0.05) is 21.8 Å². The highest BCUT2D eigenvalue weighted by molar-refractivity contribution is 9.10. The molecular weight excluding hydrogens is 322 g/mol. The summed E-state index contributed by atoms with van der Waals surface area (Å²) in [6.07, 6.45) is 0.850. The molecule has 20 heavy (non-hydrogen) atoms. The van der Waals surface area contributed by atoms with Crippen molar-refractivity contribution in [2.24, 2.45) is 5.73 Å². The molecule has 108 valence electrons. The molecule has 0 saturated carbocycles. The minimum Gasteiger partial charge on any atom is -0.352 e. The molecule has 0 bridgehead atoms. The van der Waals surface area contributed by atoms with Gasteiger partial charge < -0.3 is 16.0 Å². The van der Waals surface area contributed by atoms with E-state index in [0.717, 1.165) is 16.5 Å². The molecule has 1 heterocycles. The number of benzene rings is 1. The second-order valence-electron chi connectivity index (χ2n) is 4.98. The summed E-state index contributed by atoms with van der Waals surface area (Å²) >= 11 is 3.36. The Bertz CT molecular complexity index is 547. The molecule has 1 aromatic carbocycles. The van der Waals surface area contributed by atoms with Crippen LogP contribution in [-0.2, 0) is 9.59 Å². The van der Waals surface area contributed by atoms with E-state index in [9.17, 15) is 9.59 Å². The Labute approximate surface area is 126 Å². The minimum atomic E-state index is -0.695. The van der Waals surface area contributed by atoms with Gasteiger partial charge in [-0.2, -0.15) is 0 Å². The van der Waals surface area contributed by atoms with Crippen LogP contribution in [0.2, 0.25) is 0 Å². The summed E-state index contributed by atoms with van der Waals surface area (Å²) in [5.41, 5.74) is 7.37. The lowest BCUT2D eigenvalue weighted by molar-refractivity contribution is -0.124. The van der Waals surface area contributed by atoms with Crippen LogP contribution in [0.1, 0.15) is 31.9 Å². The summed E-state index contributed by atoms with van der Waals surface area (Å²) in [5, 5.41) is 2.85. The zero-order chi connectivity index (χ0) is 14.9. The number of carbonyl (C=O) groups excluding carboxylic acids is 2. The Morgan fingerprint density at radius 1 is 1.55 bits per heavy atom.